The van der Waals surface area contributed by atoms with Crippen LogP contribution in [0.25, 0.3) is 11.1 Å². The smallest absolute Gasteiger partial charge is 0.303 e. The second-order valence-corrected chi connectivity index (χ2v) is 8.00. The van der Waals surface area contributed by atoms with E-state index in [1.807, 2.05) is 33.8 Å². The minimum Gasteiger partial charge on any atom is -0.481 e. The molecule has 0 saturated heterocycles. The largest absolute Gasteiger partial charge is 0.481 e. The van der Waals surface area contributed by atoms with Gasteiger partial charge in [0.2, 0.25) is 0 Å². The highest BCUT2D eigenvalue weighted by molar-refractivity contribution is 6.06. The van der Waals surface area contributed by atoms with E-state index >= 15 is 0 Å². The molecule has 0 bridgehead atoms. The van der Waals surface area contributed by atoms with E-state index in [0.29, 0.717) is 34.7 Å². The molecule has 1 fully saturated rings. The van der Waals surface area contributed by atoms with Crippen molar-refractivity contribution < 1.29 is 19.2 Å². The summed E-state index contributed by atoms with van der Waals surface area (Å²) in [5.74, 6) is -0.662. The Kier molecular flexibility index (Phi) is 4.73. The number of carbonyl (C=O) groups is 2. The molecule has 26 heavy (non-hydrogen) atoms. The van der Waals surface area contributed by atoms with Crippen molar-refractivity contribution in [1.29, 1.82) is 0 Å². The molecule has 2 heterocycles. The SMILES string of the molecule is CC(C)c1noc2nc(C3CC3)cc(C(=O)NC(C)(C)CCC(=O)O)c12. The number of pyridine rings is 1. The first-order chi connectivity index (χ1) is 12.2. The van der Waals surface area contributed by atoms with Crippen LogP contribution in [0.3, 0.4) is 0 Å². The molecule has 1 aliphatic carbocycles. The number of nitrogens with one attached hydrogen (secondary N) is 1. The number of nitrogens with zero attached hydrogens (tertiary/aromatic N) is 2. The molecule has 1 amide bonds. The summed E-state index contributed by atoms with van der Waals surface area (Å²) in [6, 6.07) is 1.84. The lowest BCUT2D eigenvalue weighted by atomic mass is 9.96. The zero-order valence-electron chi connectivity index (χ0n) is 15.6. The molecule has 140 valence electrons. The lowest BCUT2D eigenvalue weighted by Crippen LogP contribution is -2.43. The van der Waals surface area contributed by atoms with Crippen molar-refractivity contribution >= 4 is 23.0 Å². The minimum absolute atomic E-state index is 0.00311. The maximum Gasteiger partial charge on any atom is 0.303 e. The van der Waals surface area contributed by atoms with E-state index < -0.39 is 11.5 Å². The van der Waals surface area contributed by atoms with Gasteiger partial charge in [-0.1, -0.05) is 19.0 Å². The Hall–Kier alpha value is -2.44. The highest BCUT2D eigenvalue weighted by Gasteiger charge is 2.31. The molecule has 0 spiro atoms. The fraction of sp³-hybridized carbons (Fsp3) is 0.579. The molecule has 2 aromatic rings. The third-order valence-corrected chi connectivity index (χ3v) is 4.70. The lowest BCUT2D eigenvalue weighted by Gasteiger charge is -2.26. The van der Waals surface area contributed by atoms with Gasteiger partial charge in [0.15, 0.2) is 0 Å². The molecule has 2 N–H and O–H groups in total. The highest BCUT2D eigenvalue weighted by Crippen LogP contribution is 2.41. The monoisotopic (exact) mass is 359 g/mol. The molecule has 1 aliphatic rings. The van der Waals surface area contributed by atoms with Crippen molar-refractivity contribution in [2.45, 2.75) is 70.8 Å². The summed E-state index contributed by atoms with van der Waals surface area (Å²) < 4.78 is 5.41. The van der Waals surface area contributed by atoms with Crippen molar-refractivity contribution in [1.82, 2.24) is 15.5 Å². The van der Waals surface area contributed by atoms with Crippen LogP contribution in [-0.4, -0.2) is 32.7 Å². The topological polar surface area (TPSA) is 105 Å². The quantitative estimate of drug-likeness (QED) is 0.782. The Morgan fingerprint density at radius 3 is 2.65 bits per heavy atom. The number of carboxylic acid groups (broad SMARTS) is 1. The molecule has 0 aliphatic heterocycles. The van der Waals surface area contributed by atoms with Crippen LogP contribution >= 0.6 is 0 Å². The molecule has 0 aromatic carbocycles. The fourth-order valence-electron chi connectivity index (χ4n) is 3.01. The van der Waals surface area contributed by atoms with Gasteiger partial charge in [-0.05, 0) is 45.1 Å². The molecule has 1 saturated carbocycles. The van der Waals surface area contributed by atoms with Crippen LogP contribution in [0, 0.1) is 0 Å². The van der Waals surface area contributed by atoms with Crippen LogP contribution in [0.1, 0.15) is 87.0 Å². The van der Waals surface area contributed by atoms with Gasteiger partial charge in [0.25, 0.3) is 11.6 Å². The molecular formula is C19H25N3O4. The molecule has 0 radical (unpaired) electrons. The predicted molar refractivity (Wildman–Crippen MR) is 96.3 cm³/mol. The summed E-state index contributed by atoms with van der Waals surface area (Å²) in [5.41, 5.74) is 1.83. The number of hydrogen-bond acceptors (Lipinski definition) is 5. The van der Waals surface area contributed by atoms with E-state index in [1.165, 1.54) is 0 Å². The normalized spacial score (nSPS) is 14.8. The van der Waals surface area contributed by atoms with Crippen LogP contribution < -0.4 is 5.32 Å². The summed E-state index contributed by atoms with van der Waals surface area (Å²) >= 11 is 0. The summed E-state index contributed by atoms with van der Waals surface area (Å²) in [7, 11) is 0. The van der Waals surface area contributed by atoms with Gasteiger partial charge in [-0.15, -0.1) is 0 Å². The first-order valence-electron chi connectivity index (χ1n) is 9.02. The Labute approximate surface area is 152 Å². The van der Waals surface area contributed by atoms with Gasteiger partial charge in [0.05, 0.1) is 16.6 Å². The van der Waals surface area contributed by atoms with E-state index in [4.69, 9.17) is 9.63 Å². The first-order valence-corrected chi connectivity index (χ1v) is 9.02. The molecule has 0 unspecified atom stereocenters. The summed E-state index contributed by atoms with van der Waals surface area (Å²) in [5, 5.41) is 16.6. The number of aliphatic carboxylic acids is 1. The molecule has 3 rings (SSSR count). The number of rotatable bonds is 7. The van der Waals surface area contributed by atoms with Crippen LogP contribution in [0.4, 0.5) is 0 Å². The van der Waals surface area contributed by atoms with E-state index in [1.54, 1.807) is 0 Å². The van der Waals surface area contributed by atoms with E-state index in [2.05, 4.69) is 15.5 Å². The van der Waals surface area contributed by atoms with E-state index in [0.717, 1.165) is 18.5 Å². The minimum atomic E-state index is -0.879. The van der Waals surface area contributed by atoms with Crippen LogP contribution in [0.2, 0.25) is 0 Å². The average molecular weight is 359 g/mol. The van der Waals surface area contributed by atoms with Crippen molar-refractivity contribution in [3.63, 3.8) is 0 Å². The molecule has 0 atom stereocenters. The maximum absolute atomic E-state index is 13.0. The summed E-state index contributed by atoms with van der Waals surface area (Å²) in [6.45, 7) is 7.63. The molecular weight excluding hydrogens is 334 g/mol. The number of aromatic nitrogens is 2. The third-order valence-electron chi connectivity index (χ3n) is 4.70. The Morgan fingerprint density at radius 1 is 1.38 bits per heavy atom. The van der Waals surface area contributed by atoms with Crippen molar-refractivity contribution in [3.8, 4) is 0 Å². The zero-order valence-corrected chi connectivity index (χ0v) is 15.6. The van der Waals surface area contributed by atoms with Gasteiger partial charge in [-0.2, -0.15) is 0 Å². The van der Waals surface area contributed by atoms with Crippen molar-refractivity contribution in [2.24, 2.45) is 0 Å². The van der Waals surface area contributed by atoms with Crippen LogP contribution in [0.15, 0.2) is 10.6 Å². The average Bonchev–Trinajstić information content (AvgIpc) is 3.30. The molecule has 2 aromatic heterocycles. The number of amides is 1. The van der Waals surface area contributed by atoms with Gasteiger partial charge in [0, 0.05) is 23.6 Å². The summed E-state index contributed by atoms with van der Waals surface area (Å²) in [4.78, 5) is 28.4. The third kappa shape index (κ3) is 3.86. The van der Waals surface area contributed by atoms with Gasteiger partial charge < -0.3 is 14.9 Å². The number of hydrogen-bond donors (Lipinski definition) is 2. The number of fused-ring (bicyclic) bond motifs is 1. The molecule has 7 nitrogen and oxygen atoms in total. The zero-order chi connectivity index (χ0) is 19.1. The van der Waals surface area contributed by atoms with Gasteiger partial charge >= 0.3 is 5.97 Å². The van der Waals surface area contributed by atoms with Crippen LogP contribution in [0.5, 0.6) is 0 Å². The predicted octanol–water partition coefficient (Wildman–Crippen LogP) is 3.60. The van der Waals surface area contributed by atoms with Gasteiger partial charge in [-0.3, -0.25) is 9.59 Å². The van der Waals surface area contributed by atoms with Gasteiger partial charge in [0.1, 0.15) is 0 Å². The van der Waals surface area contributed by atoms with Gasteiger partial charge in [-0.25, -0.2) is 4.98 Å². The maximum atomic E-state index is 13.0. The summed E-state index contributed by atoms with van der Waals surface area (Å²) in [6.07, 6.45) is 2.47. The second-order valence-electron chi connectivity index (χ2n) is 8.00. The Bertz CT molecular complexity index is 850. The fourth-order valence-corrected chi connectivity index (χ4v) is 3.01. The van der Waals surface area contributed by atoms with Crippen molar-refractivity contribution in [2.75, 3.05) is 0 Å². The molecule has 7 heteroatoms. The standard InChI is InChI=1S/C19H25N3O4/c1-10(2)16-15-12(17(25)21-19(3,4)8-7-14(23)24)9-13(11-5-6-11)20-18(15)26-22-16/h9-11H,5-8H2,1-4H3,(H,21,25)(H,23,24). The van der Waals surface area contributed by atoms with Crippen molar-refractivity contribution in [3.05, 3.63) is 23.0 Å². The lowest BCUT2D eigenvalue weighted by molar-refractivity contribution is -0.137. The Balaban J connectivity index is 1.97. The van der Waals surface area contributed by atoms with Crippen LogP contribution in [-0.2, 0) is 4.79 Å². The second kappa shape index (κ2) is 6.70. The highest BCUT2D eigenvalue weighted by atomic mass is 16.5. The first kappa shape index (κ1) is 18.4. The Morgan fingerprint density at radius 2 is 2.08 bits per heavy atom. The van der Waals surface area contributed by atoms with E-state index in [9.17, 15) is 9.59 Å². The van der Waals surface area contributed by atoms with E-state index in [-0.39, 0.29) is 18.2 Å². The number of carboxylic acids is 1. The number of carbonyl (C=O) groups excluding carboxylic acids is 1.